The van der Waals surface area contributed by atoms with Gasteiger partial charge in [-0.2, -0.15) is 0 Å². The second-order valence-corrected chi connectivity index (χ2v) is 16.5. The smallest absolute Gasteiger partial charge is 0.164 e. The fourth-order valence-corrected chi connectivity index (χ4v) is 9.65. The summed E-state index contributed by atoms with van der Waals surface area (Å²) >= 11 is 0. The molecular weight excluding hydrogens is 793 g/mol. The molecule has 3 aromatic heterocycles. The zero-order valence-corrected chi connectivity index (χ0v) is 35.0. The number of fused-ring (bicyclic) bond motifs is 8. The molecule has 0 amide bonds. The van der Waals surface area contributed by atoms with E-state index in [4.69, 9.17) is 24.4 Å². The van der Waals surface area contributed by atoms with Crippen LogP contribution in [0.25, 0.3) is 133 Å². The Hall–Kier alpha value is -8.80. The van der Waals surface area contributed by atoms with Crippen molar-refractivity contribution in [2.24, 2.45) is 0 Å². The fourth-order valence-electron chi connectivity index (χ4n) is 9.65. The predicted molar refractivity (Wildman–Crippen MR) is 268 cm³/mol. The lowest BCUT2D eigenvalue weighted by atomic mass is 9.89. The van der Waals surface area contributed by atoms with E-state index >= 15 is 0 Å². The molecule has 13 rings (SSSR count). The maximum absolute atomic E-state index is 6.71. The van der Waals surface area contributed by atoms with E-state index in [1.165, 1.54) is 5.56 Å². The van der Waals surface area contributed by atoms with Gasteiger partial charge in [-0.05, 0) is 56.4 Å². The first-order chi connectivity index (χ1) is 32.2. The van der Waals surface area contributed by atoms with Crippen LogP contribution in [0.3, 0.4) is 0 Å². The van der Waals surface area contributed by atoms with E-state index in [0.717, 1.165) is 110 Å². The summed E-state index contributed by atoms with van der Waals surface area (Å²) < 4.78 is 6.71. The van der Waals surface area contributed by atoms with E-state index in [2.05, 4.69) is 200 Å². The number of furan rings is 1. The highest BCUT2D eigenvalue weighted by Gasteiger charge is 2.23. The minimum Gasteiger partial charge on any atom is -0.456 e. The van der Waals surface area contributed by atoms with Gasteiger partial charge in [-0.3, -0.25) is 0 Å². The maximum atomic E-state index is 6.71. The summed E-state index contributed by atoms with van der Waals surface area (Å²) in [4.78, 5) is 21.0. The standard InChI is InChI=1S/C60H36N4O/c1-2-14-37(15-3-1)38-28-32-42(33-29-38)57-50-36-53-56(49-23-9-11-27-52(49)65-53)54(55(50)48-22-8-10-26-51(48)61-57)41-30-34-43(35-31-41)58-62-59(46-24-12-18-39-16-4-6-20-44(39)46)64-60(63-58)47-25-13-19-40-17-5-7-21-45(40)47/h1-36H. The van der Waals surface area contributed by atoms with E-state index in [-0.39, 0.29) is 0 Å². The molecule has 5 nitrogen and oxygen atoms in total. The van der Waals surface area contributed by atoms with E-state index < -0.39 is 0 Å². The Morgan fingerprint density at radius 2 is 0.800 bits per heavy atom. The van der Waals surface area contributed by atoms with Crippen LogP contribution in [0.15, 0.2) is 223 Å². The molecule has 0 aliphatic rings. The predicted octanol–water partition coefficient (Wildman–Crippen LogP) is 15.8. The third-order valence-electron chi connectivity index (χ3n) is 12.7. The molecule has 3 heterocycles. The number of para-hydroxylation sites is 2. The minimum atomic E-state index is 0.602. The summed E-state index contributed by atoms with van der Waals surface area (Å²) in [5.74, 6) is 1.86. The van der Waals surface area contributed by atoms with Crippen LogP contribution in [0.4, 0.5) is 0 Å². The van der Waals surface area contributed by atoms with Crippen molar-refractivity contribution in [2.75, 3.05) is 0 Å². The van der Waals surface area contributed by atoms with E-state index in [1.807, 2.05) is 18.2 Å². The van der Waals surface area contributed by atoms with Crippen molar-refractivity contribution < 1.29 is 4.42 Å². The van der Waals surface area contributed by atoms with Gasteiger partial charge in [-0.25, -0.2) is 19.9 Å². The van der Waals surface area contributed by atoms with Crippen molar-refractivity contribution in [3.63, 3.8) is 0 Å². The van der Waals surface area contributed by atoms with Crippen LogP contribution in [0.1, 0.15) is 0 Å². The topological polar surface area (TPSA) is 64.7 Å². The Morgan fingerprint density at radius 1 is 0.292 bits per heavy atom. The Balaban J connectivity index is 1.03. The van der Waals surface area contributed by atoms with Crippen molar-refractivity contribution in [1.82, 2.24) is 19.9 Å². The first-order valence-corrected chi connectivity index (χ1v) is 21.9. The zero-order valence-electron chi connectivity index (χ0n) is 35.0. The average Bonchev–Trinajstić information content (AvgIpc) is 3.76. The molecule has 0 spiro atoms. The maximum Gasteiger partial charge on any atom is 0.164 e. The Bertz CT molecular complexity index is 3880. The van der Waals surface area contributed by atoms with Gasteiger partial charge in [0.1, 0.15) is 11.2 Å². The van der Waals surface area contributed by atoms with Gasteiger partial charge in [-0.15, -0.1) is 0 Å². The Labute approximate surface area is 374 Å². The van der Waals surface area contributed by atoms with Crippen LogP contribution in [0, 0.1) is 0 Å². The largest absolute Gasteiger partial charge is 0.456 e. The fraction of sp³-hybridized carbons (Fsp3) is 0. The number of benzene rings is 10. The second-order valence-electron chi connectivity index (χ2n) is 16.5. The summed E-state index contributed by atoms with van der Waals surface area (Å²) in [5, 5.41) is 9.81. The number of hydrogen-bond acceptors (Lipinski definition) is 5. The Kier molecular flexibility index (Phi) is 8.46. The summed E-state index contributed by atoms with van der Waals surface area (Å²) in [7, 11) is 0. The molecule has 302 valence electrons. The molecule has 0 aliphatic heterocycles. The first kappa shape index (κ1) is 36.8. The van der Waals surface area contributed by atoms with E-state index in [0.29, 0.717) is 17.5 Å². The molecule has 0 unspecified atom stereocenters. The highest BCUT2D eigenvalue weighted by molar-refractivity contribution is 6.27. The number of pyridine rings is 1. The van der Waals surface area contributed by atoms with Gasteiger partial charge in [0.2, 0.25) is 0 Å². The summed E-state index contributed by atoms with van der Waals surface area (Å²) in [6, 6.07) is 76.3. The van der Waals surface area contributed by atoms with Gasteiger partial charge in [0.15, 0.2) is 17.5 Å². The van der Waals surface area contributed by atoms with Gasteiger partial charge >= 0.3 is 0 Å². The lowest BCUT2D eigenvalue weighted by Gasteiger charge is -2.16. The monoisotopic (exact) mass is 828 g/mol. The van der Waals surface area contributed by atoms with Crippen LogP contribution in [-0.4, -0.2) is 19.9 Å². The number of hydrogen-bond donors (Lipinski definition) is 0. The van der Waals surface area contributed by atoms with E-state index in [9.17, 15) is 0 Å². The van der Waals surface area contributed by atoms with Crippen LogP contribution < -0.4 is 0 Å². The van der Waals surface area contributed by atoms with Crippen LogP contribution in [0.5, 0.6) is 0 Å². The van der Waals surface area contributed by atoms with Crippen molar-refractivity contribution in [3.05, 3.63) is 218 Å². The minimum absolute atomic E-state index is 0.602. The second kappa shape index (κ2) is 14.9. The summed E-state index contributed by atoms with van der Waals surface area (Å²) in [6.07, 6.45) is 0. The average molecular weight is 829 g/mol. The quantitative estimate of drug-likeness (QED) is 0.156. The molecule has 65 heavy (non-hydrogen) atoms. The van der Waals surface area contributed by atoms with Gasteiger partial charge in [0.05, 0.1) is 11.2 Å². The molecule has 5 heteroatoms. The molecular formula is C60H36N4O. The SMILES string of the molecule is c1ccc(-c2ccc(-c3nc4ccccc4c4c(-c5ccc(-c6nc(-c7cccc8ccccc78)nc(-c7cccc8ccccc78)n6)cc5)c5c(cc34)oc3ccccc35)cc2)cc1. The van der Waals surface area contributed by atoms with Crippen molar-refractivity contribution >= 4 is 65.2 Å². The van der Waals surface area contributed by atoms with Crippen LogP contribution in [0.2, 0.25) is 0 Å². The highest BCUT2D eigenvalue weighted by atomic mass is 16.3. The molecule has 0 saturated heterocycles. The third-order valence-corrected chi connectivity index (χ3v) is 12.7. The first-order valence-electron chi connectivity index (χ1n) is 21.9. The highest BCUT2D eigenvalue weighted by Crippen LogP contribution is 2.47. The third kappa shape index (κ3) is 6.16. The van der Waals surface area contributed by atoms with Crippen LogP contribution >= 0.6 is 0 Å². The number of aromatic nitrogens is 4. The Morgan fingerprint density at radius 3 is 1.49 bits per heavy atom. The normalized spacial score (nSPS) is 11.7. The molecule has 0 N–H and O–H groups in total. The molecule has 0 atom stereocenters. The molecule has 10 aromatic carbocycles. The molecule has 0 aliphatic carbocycles. The molecule has 0 saturated carbocycles. The van der Waals surface area contributed by atoms with Gasteiger partial charge in [0.25, 0.3) is 0 Å². The van der Waals surface area contributed by atoms with Crippen molar-refractivity contribution in [3.8, 4) is 67.7 Å². The van der Waals surface area contributed by atoms with Gasteiger partial charge in [0, 0.05) is 54.7 Å². The van der Waals surface area contributed by atoms with Gasteiger partial charge < -0.3 is 4.42 Å². The molecule has 0 fully saturated rings. The molecule has 0 bridgehead atoms. The number of rotatable bonds is 6. The molecule has 13 aromatic rings. The molecule has 0 radical (unpaired) electrons. The number of nitrogens with zero attached hydrogens (tertiary/aromatic N) is 4. The zero-order chi connectivity index (χ0) is 42.8. The lowest BCUT2D eigenvalue weighted by molar-refractivity contribution is 0.669. The summed E-state index contributed by atoms with van der Waals surface area (Å²) in [5.41, 5.74) is 11.8. The van der Waals surface area contributed by atoms with Gasteiger partial charge in [-0.1, -0.05) is 200 Å². The van der Waals surface area contributed by atoms with Crippen molar-refractivity contribution in [2.45, 2.75) is 0 Å². The summed E-state index contributed by atoms with van der Waals surface area (Å²) in [6.45, 7) is 0. The lowest BCUT2D eigenvalue weighted by Crippen LogP contribution is -2.01. The van der Waals surface area contributed by atoms with E-state index in [1.54, 1.807) is 0 Å². The van der Waals surface area contributed by atoms with Crippen molar-refractivity contribution in [1.29, 1.82) is 0 Å². The van der Waals surface area contributed by atoms with Crippen LogP contribution in [-0.2, 0) is 0 Å².